The van der Waals surface area contributed by atoms with Crippen molar-refractivity contribution in [2.45, 2.75) is 25.4 Å². The summed E-state index contributed by atoms with van der Waals surface area (Å²) >= 11 is 3.53. The third kappa shape index (κ3) is 2.27. The Hall–Kier alpha value is -2.02. The van der Waals surface area contributed by atoms with E-state index in [0.29, 0.717) is 6.04 Å². The minimum Gasteiger partial charge on any atom is -0.365 e. The second-order valence-corrected chi connectivity index (χ2v) is 5.95. The minimum absolute atomic E-state index is 0.302. The quantitative estimate of drug-likeness (QED) is 0.773. The molecule has 3 heterocycles. The molecule has 1 aromatic carbocycles. The first kappa shape index (κ1) is 12.7. The first-order chi connectivity index (χ1) is 10.3. The number of para-hydroxylation sites is 1. The van der Waals surface area contributed by atoms with Gasteiger partial charge in [-0.3, -0.25) is 0 Å². The maximum atomic E-state index is 4.40. The number of halogens is 1. The molecular weight excluding hydrogens is 332 g/mol. The molecule has 106 valence electrons. The normalized spacial score (nSPS) is 17.7. The van der Waals surface area contributed by atoms with Gasteiger partial charge in [0.2, 0.25) is 0 Å². The Kier molecular flexibility index (Phi) is 3.07. The van der Waals surface area contributed by atoms with Gasteiger partial charge in [0.1, 0.15) is 24.3 Å². The zero-order valence-corrected chi connectivity index (χ0v) is 12.8. The molecule has 0 radical (unpaired) electrons. The largest absolute Gasteiger partial charge is 0.365 e. The van der Waals surface area contributed by atoms with Crippen LogP contribution in [0.3, 0.4) is 0 Å². The van der Waals surface area contributed by atoms with Gasteiger partial charge >= 0.3 is 0 Å². The molecule has 4 rings (SSSR count). The predicted molar refractivity (Wildman–Crippen MR) is 83.0 cm³/mol. The van der Waals surface area contributed by atoms with Crippen LogP contribution in [-0.2, 0) is 13.0 Å². The summed E-state index contributed by atoms with van der Waals surface area (Å²) < 4.78 is 2.94. The van der Waals surface area contributed by atoms with Crippen LogP contribution >= 0.6 is 15.9 Å². The number of hydrogen-bond acceptors (Lipinski definition) is 5. The second kappa shape index (κ2) is 5.07. The molecule has 1 aliphatic rings. The second-order valence-electron chi connectivity index (χ2n) is 5.10. The maximum Gasteiger partial charge on any atom is 0.138 e. The Labute approximate surface area is 129 Å². The average molecular weight is 345 g/mol. The summed E-state index contributed by atoms with van der Waals surface area (Å²) in [5.74, 6) is 1.93. The van der Waals surface area contributed by atoms with Crippen LogP contribution in [0.4, 0.5) is 5.82 Å². The maximum absolute atomic E-state index is 4.40. The van der Waals surface area contributed by atoms with E-state index in [4.69, 9.17) is 0 Å². The van der Waals surface area contributed by atoms with E-state index in [1.54, 1.807) is 12.7 Å². The molecule has 1 N–H and O–H groups in total. The van der Waals surface area contributed by atoms with Gasteiger partial charge in [-0.05, 0) is 34.5 Å². The van der Waals surface area contributed by atoms with Gasteiger partial charge in [-0.25, -0.2) is 19.6 Å². The summed E-state index contributed by atoms with van der Waals surface area (Å²) in [4.78, 5) is 13.0. The van der Waals surface area contributed by atoms with E-state index in [1.165, 1.54) is 0 Å². The van der Waals surface area contributed by atoms with E-state index >= 15 is 0 Å². The third-order valence-electron chi connectivity index (χ3n) is 3.76. The van der Waals surface area contributed by atoms with Crippen LogP contribution in [0, 0.1) is 0 Å². The van der Waals surface area contributed by atoms with E-state index < -0.39 is 0 Å². The van der Waals surface area contributed by atoms with Crippen LogP contribution in [0.1, 0.15) is 12.2 Å². The molecule has 1 aliphatic heterocycles. The van der Waals surface area contributed by atoms with Crippen LogP contribution in [-0.4, -0.2) is 30.8 Å². The number of hydrogen-bond donors (Lipinski definition) is 1. The van der Waals surface area contributed by atoms with Crippen molar-refractivity contribution >= 4 is 32.7 Å². The molecular formula is C14H13BrN6. The summed E-state index contributed by atoms with van der Waals surface area (Å²) in [6.07, 6.45) is 5.18. The molecule has 0 amide bonds. The van der Waals surface area contributed by atoms with E-state index in [1.807, 2.05) is 22.9 Å². The Morgan fingerprint density at radius 2 is 2.14 bits per heavy atom. The lowest BCUT2D eigenvalue weighted by molar-refractivity contribution is 0.441. The zero-order chi connectivity index (χ0) is 14.2. The highest BCUT2D eigenvalue weighted by atomic mass is 79.9. The Bertz CT molecular complexity index is 799. The van der Waals surface area contributed by atoms with Crippen LogP contribution in [0.15, 0.2) is 35.3 Å². The molecule has 7 heteroatoms. The Balaban J connectivity index is 1.65. The molecule has 0 spiro atoms. The highest BCUT2D eigenvalue weighted by Gasteiger charge is 2.20. The summed E-state index contributed by atoms with van der Waals surface area (Å²) in [7, 11) is 0. The summed E-state index contributed by atoms with van der Waals surface area (Å²) in [6, 6.07) is 6.32. The highest BCUT2D eigenvalue weighted by Crippen LogP contribution is 2.27. The molecule has 0 saturated heterocycles. The van der Waals surface area contributed by atoms with E-state index in [-0.39, 0.29) is 0 Å². The van der Waals surface area contributed by atoms with E-state index in [2.05, 4.69) is 41.3 Å². The van der Waals surface area contributed by atoms with Crippen molar-refractivity contribution in [3.05, 3.63) is 41.2 Å². The minimum atomic E-state index is 0.302. The molecule has 1 atom stereocenters. The molecule has 3 aromatic rings. The fourth-order valence-electron chi connectivity index (χ4n) is 2.72. The number of aromatic nitrogens is 5. The molecule has 21 heavy (non-hydrogen) atoms. The molecule has 0 fully saturated rings. The van der Waals surface area contributed by atoms with E-state index in [0.717, 1.165) is 46.4 Å². The molecule has 2 aromatic heterocycles. The van der Waals surface area contributed by atoms with E-state index in [9.17, 15) is 0 Å². The van der Waals surface area contributed by atoms with Gasteiger partial charge < -0.3 is 5.32 Å². The number of fused-ring (bicyclic) bond motifs is 2. The standard InChI is InChI=1S/C14H13BrN6/c15-11-3-1-2-10-13(11)17-7-18-14(10)20-9-4-5-12-16-8-19-21(12)6-9/h1-3,7-9H,4-6H2,(H,17,18,20)/t9-/m0/s1. The number of rotatable bonds is 2. The lowest BCUT2D eigenvalue weighted by atomic mass is 10.1. The van der Waals surface area contributed by atoms with Gasteiger partial charge in [0.05, 0.1) is 12.1 Å². The average Bonchev–Trinajstić information content (AvgIpc) is 2.96. The van der Waals surface area contributed by atoms with Crippen molar-refractivity contribution in [2.75, 3.05) is 5.32 Å². The summed E-state index contributed by atoms with van der Waals surface area (Å²) in [5.41, 5.74) is 0.923. The Morgan fingerprint density at radius 1 is 1.19 bits per heavy atom. The van der Waals surface area contributed by atoms with Gasteiger partial charge in [-0.1, -0.05) is 6.07 Å². The molecule has 0 saturated carbocycles. The topological polar surface area (TPSA) is 68.5 Å². The molecule has 6 nitrogen and oxygen atoms in total. The fraction of sp³-hybridized carbons (Fsp3) is 0.286. The number of benzene rings is 1. The van der Waals surface area contributed by atoms with Crippen molar-refractivity contribution in [3.63, 3.8) is 0 Å². The van der Waals surface area contributed by atoms with Gasteiger partial charge in [0.15, 0.2) is 0 Å². The molecule has 0 bridgehead atoms. The van der Waals surface area contributed by atoms with Crippen molar-refractivity contribution < 1.29 is 0 Å². The number of nitrogens with one attached hydrogen (secondary N) is 1. The first-order valence-corrected chi connectivity index (χ1v) is 7.63. The van der Waals surface area contributed by atoms with Gasteiger partial charge in [-0.15, -0.1) is 0 Å². The summed E-state index contributed by atoms with van der Waals surface area (Å²) in [6.45, 7) is 0.814. The van der Waals surface area contributed by atoms with Crippen LogP contribution < -0.4 is 5.32 Å². The smallest absolute Gasteiger partial charge is 0.138 e. The first-order valence-electron chi connectivity index (χ1n) is 6.84. The SMILES string of the molecule is Brc1cccc2c(N[C@H]3CCc4ncnn4C3)ncnc12. The van der Waals surface area contributed by atoms with Crippen molar-refractivity contribution in [1.29, 1.82) is 0 Å². The lowest BCUT2D eigenvalue weighted by Gasteiger charge is -2.24. The van der Waals surface area contributed by atoms with Crippen LogP contribution in [0.2, 0.25) is 0 Å². The predicted octanol–water partition coefficient (Wildman–Crippen LogP) is 2.41. The molecule has 0 unspecified atom stereocenters. The number of nitrogens with zero attached hydrogens (tertiary/aromatic N) is 5. The molecule has 0 aliphatic carbocycles. The fourth-order valence-corrected chi connectivity index (χ4v) is 3.18. The van der Waals surface area contributed by atoms with Crippen LogP contribution in [0.5, 0.6) is 0 Å². The number of aryl methyl sites for hydroxylation is 1. The number of anilines is 1. The summed E-state index contributed by atoms with van der Waals surface area (Å²) in [5, 5.41) is 8.80. The zero-order valence-electron chi connectivity index (χ0n) is 11.2. The van der Waals surface area contributed by atoms with Gasteiger partial charge in [0, 0.05) is 22.3 Å². The van der Waals surface area contributed by atoms with Crippen molar-refractivity contribution in [3.8, 4) is 0 Å². The third-order valence-corrected chi connectivity index (χ3v) is 4.40. The van der Waals surface area contributed by atoms with Gasteiger partial charge in [-0.2, -0.15) is 5.10 Å². The van der Waals surface area contributed by atoms with Crippen LogP contribution in [0.25, 0.3) is 10.9 Å². The van der Waals surface area contributed by atoms with Crippen molar-refractivity contribution in [1.82, 2.24) is 24.7 Å². The van der Waals surface area contributed by atoms with Gasteiger partial charge in [0.25, 0.3) is 0 Å². The van der Waals surface area contributed by atoms with Crippen molar-refractivity contribution in [2.24, 2.45) is 0 Å². The highest BCUT2D eigenvalue weighted by molar-refractivity contribution is 9.10. The lowest BCUT2D eigenvalue weighted by Crippen LogP contribution is -2.32. The Morgan fingerprint density at radius 3 is 3.10 bits per heavy atom. The monoisotopic (exact) mass is 344 g/mol.